The molecule has 0 heterocycles. The fourth-order valence-corrected chi connectivity index (χ4v) is 0. The van der Waals surface area contributed by atoms with Gasteiger partial charge in [-0.15, -0.1) is 0 Å². The van der Waals surface area contributed by atoms with Crippen LogP contribution in [0.5, 0.6) is 0 Å². The largest absolute Gasteiger partial charge is 2.00 e. The SMILES string of the molecule is [CH2-]C(C)C.[Cu+2].[Cu+2].[O-]P([O-])(=S)[S-]. The zero-order valence-electron chi connectivity index (χ0n) is 5.97. The maximum Gasteiger partial charge on any atom is 2.00 e. The van der Waals surface area contributed by atoms with Gasteiger partial charge >= 0.3 is 34.1 Å². The monoisotopic (exact) mass is 310 g/mol. The van der Waals surface area contributed by atoms with Crippen LogP contribution in [0.2, 0.25) is 0 Å². The van der Waals surface area contributed by atoms with Crippen LogP contribution in [0.3, 0.4) is 0 Å². The molecule has 0 amide bonds. The van der Waals surface area contributed by atoms with Crippen molar-refractivity contribution in [1.29, 1.82) is 0 Å². The maximum atomic E-state index is 9.29. The van der Waals surface area contributed by atoms with Gasteiger partial charge in [0.1, 0.15) is 0 Å². The minimum Gasteiger partial charge on any atom is -0.850 e. The van der Waals surface area contributed by atoms with Crippen LogP contribution >= 0.6 is 5.69 Å². The van der Waals surface area contributed by atoms with Crippen molar-refractivity contribution in [3.05, 3.63) is 6.92 Å². The van der Waals surface area contributed by atoms with Gasteiger partial charge in [0.05, 0.1) is 0 Å². The second-order valence-electron chi connectivity index (χ2n) is 1.84. The van der Waals surface area contributed by atoms with Gasteiger partial charge in [0, 0.05) is 0 Å². The van der Waals surface area contributed by atoms with Gasteiger partial charge < -0.3 is 34.7 Å². The molecule has 76 valence electrons. The van der Waals surface area contributed by atoms with Crippen molar-refractivity contribution in [1.82, 2.24) is 0 Å². The van der Waals surface area contributed by atoms with E-state index in [1.54, 1.807) is 0 Å². The third-order valence-electron chi connectivity index (χ3n) is 0. The van der Waals surface area contributed by atoms with Crippen LogP contribution in [-0.4, -0.2) is 0 Å². The van der Waals surface area contributed by atoms with Gasteiger partial charge in [-0.2, -0.15) is 17.7 Å². The summed E-state index contributed by atoms with van der Waals surface area (Å²) in [6, 6.07) is 0. The number of hydrogen-bond acceptors (Lipinski definition) is 4. The standard InChI is InChI=1S/C4H9.2Cu.H3O2PS2/c1-4(2)3;;;1-3(2,4)5/h4H,1H2,2-3H3;;;(H3,1,2,4,5)/q-1;2*+2;/p-3. The molecule has 2 nitrogen and oxygen atoms in total. The van der Waals surface area contributed by atoms with Gasteiger partial charge in [-0.05, 0) is 0 Å². The van der Waals surface area contributed by atoms with E-state index in [-0.39, 0.29) is 34.1 Å². The molecule has 0 aliphatic heterocycles. The summed E-state index contributed by atoms with van der Waals surface area (Å²) in [5, 5.41) is 0. The molecule has 0 rings (SSSR count). The molecule has 0 saturated carbocycles. The second kappa shape index (κ2) is 12.0. The van der Waals surface area contributed by atoms with Gasteiger partial charge in [0.15, 0.2) is 0 Å². The molecule has 0 aromatic heterocycles. The van der Waals surface area contributed by atoms with E-state index in [4.69, 9.17) is 0 Å². The minimum absolute atomic E-state index is 0. The molecular formula is C4H9Cu2O2PS2. The summed E-state index contributed by atoms with van der Waals surface area (Å²) in [5.41, 5.74) is -3.72. The first kappa shape index (κ1) is 23.1. The van der Waals surface area contributed by atoms with Crippen LogP contribution in [-0.2, 0) is 58.2 Å². The van der Waals surface area contributed by atoms with E-state index in [2.05, 4.69) is 44.8 Å². The van der Waals surface area contributed by atoms with Crippen molar-refractivity contribution < 1.29 is 43.9 Å². The molecule has 0 aromatic rings. The van der Waals surface area contributed by atoms with E-state index in [1.807, 2.05) is 0 Å². The first-order chi connectivity index (χ1) is 3.73. The molecule has 0 spiro atoms. The van der Waals surface area contributed by atoms with Crippen LogP contribution in [0.15, 0.2) is 0 Å². The summed E-state index contributed by atoms with van der Waals surface area (Å²) in [4.78, 5) is 18.6. The van der Waals surface area contributed by atoms with Gasteiger partial charge in [0.25, 0.3) is 0 Å². The Morgan fingerprint density at radius 1 is 1.36 bits per heavy atom. The van der Waals surface area contributed by atoms with Gasteiger partial charge in [-0.25, -0.2) is 0 Å². The molecule has 0 aliphatic carbocycles. The van der Waals surface area contributed by atoms with Gasteiger partial charge in [-0.1, -0.05) is 13.8 Å². The van der Waals surface area contributed by atoms with E-state index in [0.717, 1.165) is 0 Å². The van der Waals surface area contributed by atoms with E-state index < -0.39 is 5.69 Å². The topological polar surface area (TPSA) is 46.1 Å². The van der Waals surface area contributed by atoms with Crippen molar-refractivity contribution in [3.8, 4) is 0 Å². The van der Waals surface area contributed by atoms with Crippen LogP contribution < -0.4 is 9.79 Å². The van der Waals surface area contributed by atoms with Crippen molar-refractivity contribution in [3.63, 3.8) is 0 Å². The molecule has 2 radical (unpaired) electrons. The Kier molecular flexibility index (Phi) is 25.1. The fraction of sp³-hybridized carbons (Fsp3) is 0.750. The minimum atomic E-state index is -3.72. The summed E-state index contributed by atoms with van der Waals surface area (Å²) >= 11 is 7.28. The van der Waals surface area contributed by atoms with Crippen LogP contribution in [0.25, 0.3) is 0 Å². The van der Waals surface area contributed by atoms with E-state index in [1.165, 1.54) is 0 Å². The van der Waals surface area contributed by atoms with Crippen molar-refractivity contribution in [2.75, 3.05) is 0 Å². The molecule has 0 fully saturated rings. The molecular weight excluding hydrogens is 302 g/mol. The Morgan fingerprint density at radius 2 is 1.36 bits per heavy atom. The van der Waals surface area contributed by atoms with Gasteiger partial charge in [0.2, 0.25) is 0 Å². The Morgan fingerprint density at radius 3 is 1.36 bits per heavy atom. The molecule has 0 saturated heterocycles. The van der Waals surface area contributed by atoms with Crippen LogP contribution in [0.4, 0.5) is 0 Å². The summed E-state index contributed by atoms with van der Waals surface area (Å²) in [6.07, 6.45) is 0. The molecule has 11 heavy (non-hydrogen) atoms. The zero-order valence-corrected chi connectivity index (χ0v) is 10.4. The Hall–Kier alpha value is 1.96. The maximum absolute atomic E-state index is 9.29. The predicted molar refractivity (Wildman–Crippen MR) is 41.8 cm³/mol. The molecule has 0 atom stereocenters. The Balaban J connectivity index is -0.0000000383. The average Bonchev–Trinajstić information content (AvgIpc) is 1.19. The third-order valence-corrected chi connectivity index (χ3v) is 0. The van der Waals surface area contributed by atoms with Gasteiger partial charge in [-0.3, -0.25) is 0 Å². The third kappa shape index (κ3) is 309. The van der Waals surface area contributed by atoms with Crippen molar-refractivity contribution in [2.24, 2.45) is 5.92 Å². The van der Waals surface area contributed by atoms with Crippen molar-refractivity contribution in [2.45, 2.75) is 13.8 Å². The summed E-state index contributed by atoms with van der Waals surface area (Å²) < 4.78 is 0. The normalized spacial score (nSPS) is 8.64. The summed E-state index contributed by atoms with van der Waals surface area (Å²) in [5.74, 6) is 0.583. The van der Waals surface area contributed by atoms with E-state index in [0.29, 0.717) is 5.92 Å². The average molecular weight is 311 g/mol. The van der Waals surface area contributed by atoms with E-state index >= 15 is 0 Å². The first-order valence-corrected chi connectivity index (χ1v) is 5.94. The fourth-order valence-electron chi connectivity index (χ4n) is 0. The predicted octanol–water partition coefficient (Wildman–Crippen LogP) is -0.0501. The quantitative estimate of drug-likeness (QED) is 0.272. The molecule has 0 N–H and O–H groups in total. The molecule has 0 bridgehead atoms. The zero-order chi connectivity index (χ0) is 8.08. The smallest absolute Gasteiger partial charge is 0.850 e. The van der Waals surface area contributed by atoms with E-state index in [9.17, 15) is 9.79 Å². The first-order valence-electron chi connectivity index (χ1n) is 2.29. The summed E-state index contributed by atoms with van der Waals surface area (Å²) in [6.45, 7) is 7.75. The number of hydrogen-bond donors (Lipinski definition) is 0. The van der Waals surface area contributed by atoms with Crippen LogP contribution in [0.1, 0.15) is 13.8 Å². The second-order valence-corrected chi connectivity index (χ2v) is 6.31. The Bertz CT molecular complexity index is 95.2. The molecule has 7 heteroatoms. The van der Waals surface area contributed by atoms with Crippen molar-refractivity contribution >= 4 is 29.7 Å². The molecule has 0 aromatic carbocycles. The number of rotatable bonds is 0. The molecule has 0 aliphatic rings. The van der Waals surface area contributed by atoms with Crippen LogP contribution in [0, 0.1) is 12.8 Å². The summed E-state index contributed by atoms with van der Waals surface area (Å²) in [7, 11) is 0. The molecule has 0 unspecified atom stereocenters. The Labute approximate surface area is 99.8 Å².